The highest BCUT2D eigenvalue weighted by molar-refractivity contribution is 8.00. The van der Waals surface area contributed by atoms with Crippen LogP contribution in [0.4, 0.5) is 5.82 Å². The Balaban J connectivity index is 1.80. The average molecular weight is 635 g/mol. The van der Waals surface area contributed by atoms with Crippen LogP contribution in [0.2, 0.25) is 5.02 Å². The largest absolute Gasteiger partial charge is 0.497 e. The molecule has 2 amide bonds. The second kappa shape index (κ2) is 13.7. The van der Waals surface area contributed by atoms with Crippen molar-refractivity contribution < 1.29 is 23.8 Å². The molecular formula is C33H35ClN4O5S. The lowest BCUT2D eigenvalue weighted by Crippen LogP contribution is -2.43. The third-order valence-corrected chi connectivity index (χ3v) is 8.74. The van der Waals surface area contributed by atoms with Crippen molar-refractivity contribution in [1.82, 2.24) is 15.1 Å². The Morgan fingerprint density at radius 3 is 2.32 bits per heavy atom. The maximum Gasteiger partial charge on any atom is 0.240 e. The number of aromatic nitrogens is 2. The minimum atomic E-state index is -0.402. The van der Waals surface area contributed by atoms with Crippen LogP contribution in [0, 0.1) is 5.92 Å². The first kappa shape index (κ1) is 31.3. The summed E-state index contributed by atoms with van der Waals surface area (Å²) in [7, 11) is 4.83. The summed E-state index contributed by atoms with van der Waals surface area (Å²) in [6.07, 6.45) is 0. The van der Waals surface area contributed by atoms with Gasteiger partial charge in [0.15, 0.2) is 0 Å². The van der Waals surface area contributed by atoms with Crippen molar-refractivity contribution >= 4 is 41.0 Å². The Labute approximate surface area is 266 Å². The molecule has 2 heterocycles. The Bertz CT molecular complexity index is 1640. The van der Waals surface area contributed by atoms with Gasteiger partial charge in [0, 0.05) is 28.3 Å². The van der Waals surface area contributed by atoms with E-state index in [1.165, 1.54) is 11.8 Å². The summed E-state index contributed by atoms with van der Waals surface area (Å²) >= 11 is 7.73. The lowest BCUT2D eigenvalue weighted by Gasteiger charge is -2.24. The average Bonchev–Trinajstić information content (AvgIpc) is 3.36. The van der Waals surface area contributed by atoms with E-state index in [0.717, 1.165) is 16.7 Å². The number of benzene rings is 3. The van der Waals surface area contributed by atoms with E-state index in [1.54, 1.807) is 30.9 Å². The second-order valence-corrected chi connectivity index (χ2v) is 12.2. The molecule has 0 aliphatic carbocycles. The molecule has 9 nitrogen and oxygen atoms in total. The number of thioether (sulfide) groups is 1. The number of ether oxygens (including phenoxy) is 3. The molecule has 11 heteroatoms. The fourth-order valence-electron chi connectivity index (χ4n) is 5.05. The van der Waals surface area contributed by atoms with Gasteiger partial charge in [-0.05, 0) is 60.5 Å². The zero-order chi connectivity index (χ0) is 31.4. The number of nitrogens with one attached hydrogen (secondary N) is 1. The maximum atomic E-state index is 14.0. The first-order valence-electron chi connectivity index (χ1n) is 14.2. The molecule has 0 fully saturated rings. The van der Waals surface area contributed by atoms with E-state index in [-0.39, 0.29) is 30.0 Å². The quantitative estimate of drug-likeness (QED) is 0.223. The Kier molecular flexibility index (Phi) is 9.71. The van der Waals surface area contributed by atoms with Gasteiger partial charge in [-0.1, -0.05) is 37.6 Å². The molecule has 0 unspecified atom stereocenters. The van der Waals surface area contributed by atoms with Crippen molar-refractivity contribution in [2.45, 2.75) is 19.1 Å². The monoisotopic (exact) mass is 634 g/mol. The third-order valence-electron chi connectivity index (χ3n) is 7.25. The highest BCUT2D eigenvalue weighted by atomic mass is 35.5. The second-order valence-electron chi connectivity index (χ2n) is 10.7. The number of halogens is 1. The summed E-state index contributed by atoms with van der Waals surface area (Å²) in [5.74, 6) is 2.40. The molecule has 0 saturated heterocycles. The Morgan fingerprint density at radius 2 is 1.68 bits per heavy atom. The molecule has 230 valence electrons. The predicted octanol–water partition coefficient (Wildman–Crippen LogP) is 6.16. The van der Waals surface area contributed by atoms with Gasteiger partial charge in [0.2, 0.25) is 11.8 Å². The van der Waals surface area contributed by atoms with Crippen molar-refractivity contribution in [2.75, 3.05) is 45.1 Å². The van der Waals surface area contributed by atoms with Gasteiger partial charge in [0.1, 0.15) is 29.6 Å². The van der Waals surface area contributed by atoms with Crippen LogP contribution >= 0.6 is 23.4 Å². The van der Waals surface area contributed by atoms with E-state index in [4.69, 9.17) is 30.9 Å². The van der Waals surface area contributed by atoms with Crippen molar-refractivity contribution in [3.8, 4) is 34.2 Å². The molecule has 44 heavy (non-hydrogen) atoms. The van der Waals surface area contributed by atoms with Gasteiger partial charge in [-0.2, -0.15) is 5.10 Å². The van der Waals surface area contributed by atoms with Crippen molar-refractivity contribution in [3.63, 3.8) is 0 Å². The summed E-state index contributed by atoms with van der Waals surface area (Å²) in [6.45, 7) is 4.38. The standard InChI is InChI=1S/C33H35ClN4O5S/c1-20(2)17-35-28(39)18-37-29(40)19-44-32(26-16-25(42-4)14-15-27(26)43-5)30-31(21-6-8-22(34)9-7-21)36-38(33(30)37)23-10-12-24(41-3)13-11-23/h6-16,20,32H,17-19H2,1-5H3,(H,35,39)/t32-/m1/s1. The highest BCUT2D eigenvalue weighted by Gasteiger charge is 2.39. The molecule has 1 aliphatic heterocycles. The molecule has 3 aromatic carbocycles. The van der Waals surface area contributed by atoms with Gasteiger partial charge in [-0.25, -0.2) is 4.68 Å². The first-order valence-corrected chi connectivity index (χ1v) is 15.6. The molecule has 0 saturated carbocycles. The summed E-state index contributed by atoms with van der Waals surface area (Å²) < 4.78 is 18.5. The van der Waals surface area contributed by atoms with Crippen LogP contribution < -0.4 is 24.4 Å². The van der Waals surface area contributed by atoms with Gasteiger partial charge in [0.05, 0.1) is 43.7 Å². The molecule has 4 aromatic rings. The van der Waals surface area contributed by atoms with Gasteiger partial charge < -0.3 is 19.5 Å². The van der Waals surface area contributed by atoms with E-state index in [1.807, 2.05) is 80.6 Å². The number of fused-ring (bicyclic) bond motifs is 1. The highest BCUT2D eigenvalue weighted by Crippen LogP contribution is 2.51. The zero-order valence-electron chi connectivity index (χ0n) is 25.3. The van der Waals surface area contributed by atoms with E-state index in [9.17, 15) is 9.59 Å². The molecule has 1 N–H and O–H groups in total. The topological polar surface area (TPSA) is 94.9 Å². The number of nitrogens with zero attached hydrogens (tertiary/aromatic N) is 3. The van der Waals surface area contributed by atoms with Crippen molar-refractivity contribution in [2.24, 2.45) is 5.92 Å². The fourth-order valence-corrected chi connectivity index (χ4v) is 6.39. The van der Waals surface area contributed by atoms with Crippen LogP contribution in [0.25, 0.3) is 16.9 Å². The fraction of sp³-hybridized carbons (Fsp3) is 0.303. The minimum absolute atomic E-state index is 0.125. The number of carbonyl (C=O) groups is 2. The lowest BCUT2D eigenvalue weighted by molar-refractivity contribution is -0.123. The SMILES string of the molecule is COc1ccc(-n2nc(-c3ccc(Cl)cc3)c3c2N(CC(=O)NCC(C)C)C(=O)CS[C@@H]3c2cc(OC)ccc2OC)cc1. The number of methoxy groups -OCH3 is 3. The van der Waals surface area contributed by atoms with Crippen molar-refractivity contribution in [1.29, 1.82) is 0 Å². The predicted molar refractivity (Wildman–Crippen MR) is 175 cm³/mol. The van der Waals surface area contributed by atoms with E-state index in [2.05, 4.69) is 5.32 Å². The van der Waals surface area contributed by atoms with E-state index < -0.39 is 5.25 Å². The summed E-state index contributed by atoms with van der Waals surface area (Å²) in [5.41, 5.74) is 3.75. The number of anilines is 1. The minimum Gasteiger partial charge on any atom is -0.497 e. The maximum absolute atomic E-state index is 14.0. The smallest absolute Gasteiger partial charge is 0.240 e. The molecule has 1 aromatic heterocycles. The third kappa shape index (κ3) is 6.51. The van der Waals surface area contributed by atoms with Gasteiger partial charge >= 0.3 is 0 Å². The lowest BCUT2D eigenvalue weighted by atomic mass is 9.98. The van der Waals surface area contributed by atoms with Gasteiger partial charge in [-0.3, -0.25) is 14.5 Å². The van der Waals surface area contributed by atoms with E-state index in [0.29, 0.717) is 46.0 Å². The normalized spacial score (nSPS) is 14.7. The first-order chi connectivity index (χ1) is 21.2. The van der Waals surface area contributed by atoms with Gasteiger partial charge in [0.25, 0.3) is 0 Å². The summed E-state index contributed by atoms with van der Waals surface area (Å²) in [6, 6.07) is 20.5. The molecule has 0 bridgehead atoms. The molecular weight excluding hydrogens is 600 g/mol. The molecule has 5 rings (SSSR count). The molecule has 1 aliphatic rings. The van der Waals surface area contributed by atoms with Crippen LogP contribution in [0.1, 0.15) is 30.2 Å². The molecule has 0 spiro atoms. The number of hydrogen-bond acceptors (Lipinski definition) is 7. The Morgan fingerprint density at radius 1 is 1.00 bits per heavy atom. The number of hydrogen-bond donors (Lipinski definition) is 1. The van der Waals surface area contributed by atoms with Crippen LogP contribution in [-0.4, -0.2) is 61.8 Å². The number of rotatable bonds is 10. The summed E-state index contributed by atoms with van der Waals surface area (Å²) in [4.78, 5) is 28.8. The molecule has 1 atom stereocenters. The van der Waals surface area contributed by atoms with E-state index >= 15 is 0 Å². The number of amides is 2. The van der Waals surface area contributed by atoms with Crippen LogP contribution in [0.3, 0.4) is 0 Å². The number of carbonyl (C=O) groups excluding carboxylic acids is 2. The molecule has 0 radical (unpaired) electrons. The summed E-state index contributed by atoms with van der Waals surface area (Å²) in [5, 5.41) is 8.27. The van der Waals surface area contributed by atoms with Gasteiger partial charge in [-0.15, -0.1) is 11.8 Å². The Hall–Kier alpha value is -4.15. The zero-order valence-corrected chi connectivity index (χ0v) is 26.9. The van der Waals surface area contributed by atoms with Crippen molar-refractivity contribution in [3.05, 3.63) is 82.9 Å². The van der Waals surface area contributed by atoms with Crippen LogP contribution in [-0.2, 0) is 9.59 Å². The van der Waals surface area contributed by atoms with Crippen LogP contribution in [0.15, 0.2) is 66.7 Å². The van der Waals surface area contributed by atoms with Crippen LogP contribution in [0.5, 0.6) is 17.2 Å².